The van der Waals surface area contributed by atoms with Gasteiger partial charge in [0.1, 0.15) is 5.60 Å². The molecule has 94 valence electrons. The van der Waals surface area contributed by atoms with Crippen molar-refractivity contribution in [3.63, 3.8) is 0 Å². The van der Waals surface area contributed by atoms with Crippen LogP contribution in [-0.2, 0) is 19.2 Å². The third-order valence-corrected chi connectivity index (χ3v) is 1.41. The lowest BCUT2D eigenvalue weighted by molar-refractivity contribution is -0.183. The number of carbonyl (C=O) groups excluding carboxylic acids is 2. The molecule has 6 heteroatoms. The number of rotatable bonds is 4. The second kappa shape index (κ2) is 5.81. The van der Waals surface area contributed by atoms with Crippen LogP contribution in [0.4, 0.5) is 0 Å². The Morgan fingerprint density at radius 1 is 1.31 bits per heavy atom. The van der Waals surface area contributed by atoms with E-state index < -0.39 is 29.7 Å². The van der Waals surface area contributed by atoms with Crippen molar-refractivity contribution in [2.75, 3.05) is 0 Å². The van der Waals surface area contributed by atoms with Crippen LogP contribution in [0.5, 0.6) is 0 Å². The second-order valence-corrected chi connectivity index (χ2v) is 4.47. The third kappa shape index (κ3) is 6.36. The summed E-state index contributed by atoms with van der Waals surface area (Å²) in [6.45, 7) is 7.69. The SMILES string of the molecule is CC(=O)NO[C@H](C(=O)OC(C)(C)C)C(C)O. The van der Waals surface area contributed by atoms with E-state index in [2.05, 4.69) is 0 Å². The smallest absolute Gasteiger partial charge is 0.341 e. The van der Waals surface area contributed by atoms with Crippen LogP contribution in [0.25, 0.3) is 0 Å². The minimum absolute atomic E-state index is 0.464. The summed E-state index contributed by atoms with van der Waals surface area (Å²) in [6, 6.07) is 0. The van der Waals surface area contributed by atoms with Crippen LogP contribution in [0.3, 0.4) is 0 Å². The van der Waals surface area contributed by atoms with Gasteiger partial charge >= 0.3 is 5.97 Å². The summed E-state index contributed by atoms with van der Waals surface area (Å²) in [5, 5.41) is 9.32. The first-order valence-corrected chi connectivity index (χ1v) is 4.96. The fourth-order valence-corrected chi connectivity index (χ4v) is 0.850. The summed E-state index contributed by atoms with van der Waals surface area (Å²) in [4.78, 5) is 26.9. The van der Waals surface area contributed by atoms with Crippen LogP contribution in [0.15, 0.2) is 0 Å². The highest BCUT2D eigenvalue weighted by Gasteiger charge is 2.30. The molecule has 0 spiro atoms. The van der Waals surface area contributed by atoms with E-state index in [1.54, 1.807) is 20.8 Å². The Hall–Kier alpha value is -1.14. The summed E-state index contributed by atoms with van der Waals surface area (Å²) in [7, 11) is 0. The zero-order valence-electron chi connectivity index (χ0n) is 10.2. The highest BCUT2D eigenvalue weighted by atomic mass is 16.7. The van der Waals surface area contributed by atoms with E-state index >= 15 is 0 Å². The Morgan fingerprint density at radius 2 is 1.81 bits per heavy atom. The molecule has 0 aromatic rings. The molecule has 0 saturated carbocycles. The van der Waals surface area contributed by atoms with Crippen LogP contribution in [0, 0.1) is 0 Å². The van der Waals surface area contributed by atoms with Crippen molar-refractivity contribution in [3.05, 3.63) is 0 Å². The van der Waals surface area contributed by atoms with Gasteiger partial charge in [0, 0.05) is 6.92 Å². The molecule has 0 aromatic heterocycles. The van der Waals surface area contributed by atoms with Gasteiger partial charge in [-0.2, -0.15) is 0 Å². The van der Waals surface area contributed by atoms with Crippen molar-refractivity contribution in [1.82, 2.24) is 5.48 Å². The van der Waals surface area contributed by atoms with Crippen molar-refractivity contribution in [2.45, 2.75) is 52.4 Å². The van der Waals surface area contributed by atoms with Gasteiger partial charge in [-0.05, 0) is 27.7 Å². The quantitative estimate of drug-likeness (QED) is 0.533. The predicted molar refractivity (Wildman–Crippen MR) is 56.2 cm³/mol. The first-order chi connectivity index (χ1) is 7.13. The molecule has 1 amide bonds. The molecule has 0 aliphatic carbocycles. The van der Waals surface area contributed by atoms with E-state index in [0.29, 0.717) is 0 Å². The molecule has 16 heavy (non-hydrogen) atoms. The standard InChI is InChI=1S/C10H19NO5/c1-6(12)8(16-11-7(2)13)9(14)15-10(3,4)5/h6,8,12H,1-5H3,(H,11,13)/t6?,8-/m0/s1. The summed E-state index contributed by atoms with van der Waals surface area (Å²) in [6.07, 6.45) is -2.31. The molecule has 1 unspecified atom stereocenters. The van der Waals surface area contributed by atoms with Crippen molar-refractivity contribution in [1.29, 1.82) is 0 Å². The van der Waals surface area contributed by atoms with Crippen molar-refractivity contribution in [3.8, 4) is 0 Å². The maximum atomic E-state index is 11.6. The van der Waals surface area contributed by atoms with E-state index in [4.69, 9.17) is 9.57 Å². The third-order valence-electron chi connectivity index (χ3n) is 1.41. The highest BCUT2D eigenvalue weighted by molar-refractivity contribution is 5.76. The van der Waals surface area contributed by atoms with Gasteiger partial charge in [-0.25, -0.2) is 10.3 Å². The zero-order chi connectivity index (χ0) is 12.9. The van der Waals surface area contributed by atoms with E-state index in [1.165, 1.54) is 13.8 Å². The van der Waals surface area contributed by atoms with Crippen LogP contribution < -0.4 is 5.48 Å². The minimum Gasteiger partial charge on any atom is -0.458 e. The molecule has 2 N–H and O–H groups in total. The Balaban J connectivity index is 4.42. The molecule has 6 nitrogen and oxygen atoms in total. The molecule has 0 fully saturated rings. The maximum absolute atomic E-state index is 11.6. The molecule has 0 aliphatic heterocycles. The Morgan fingerprint density at radius 3 is 2.12 bits per heavy atom. The molecular weight excluding hydrogens is 214 g/mol. The van der Waals surface area contributed by atoms with Gasteiger partial charge in [-0.15, -0.1) is 0 Å². The Labute approximate surface area is 94.9 Å². The van der Waals surface area contributed by atoms with E-state index in [0.717, 1.165) is 0 Å². The number of esters is 1. The molecule has 0 rings (SSSR count). The normalized spacial score (nSPS) is 15.1. The molecule has 0 saturated heterocycles. The minimum atomic E-state index is -1.23. The largest absolute Gasteiger partial charge is 0.458 e. The number of ether oxygens (including phenoxy) is 1. The molecule has 0 radical (unpaired) electrons. The average molecular weight is 233 g/mol. The number of hydrogen-bond acceptors (Lipinski definition) is 5. The first kappa shape index (κ1) is 14.9. The number of carbonyl (C=O) groups is 2. The van der Waals surface area contributed by atoms with Gasteiger partial charge in [0.05, 0.1) is 6.10 Å². The van der Waals surface area contributed by atoms with Gasteiger partial charge in [-0.1, -0.05) is 0 Å². The number of amides is 1. The van der Waals surface area contributed by atoms with Gasteiger partial charge in [0.25, 0.3) is 0 Å². The summed E-state index contributed by atoms with van der Waals surface area (Å²) in [5.74, 6) is -1.19. The van der Waals surface area contributed by atoms with Crippen molar-refractivity contribution in [2.24, 2.45) is 0 Å². The molecule has 2 atom stereocenters. The lowest BCUT2D eigenvalue weighted by Gasteiger charge is -2.24. The highest BCUT2D eigenvalue weighted by Crippen LogP contribution is 2.11. The summed E-state index contributed by atoms with van der Waals surface area (Å²) < 4.78 is 5.02. The van der Waals surface area contributed by atoms with Gasteiger partial charge in [0.15, 0.2) is 0 Å². The molecule has 0 heterocycles. The molecule has 0 aromatic carbocycles. The fraction of sp³-hybridized carbons (Fsp3) is 0.800. The Kier molecular flexibility index (Phi) is 5.40. The monoisotopic (exact) mass is 233 g/mol. The number of hydrogen-bond donors (Lipinski definition) is 2. The lowest BCUT2D eigenvalue weighted by Crippen LogP contribution is -2.43. The number of aliphatic hydroxyl groups is 1. The summed E-state index contributed by atoms with van der Waals surface area (Å²) >= 11 is 0. The van der Waals surface area contributed by atoms with Crippen LogP contribution in [0.1, 0.15) is 34.6 Å². The van der Waals surface area contributed by atoms with E-state index in [9.17, 15) is 14.7 Å². The second-order valence-electron chi connectivity index (χ2n) is 4.47. The lowest BCUT2D eigenvalue weighted by atomic mass is 10.2. The Bertz CT molecular complexity index is 256. The van der Waals surface area contributed by atoms with Crippen molar-refractivity contribution < 1.29 is 24.3 Å². The van der Waals surface area contributed by atoms with E-state index in [-0.39, 0.29) is 0 Å². The molecule has 0 bridgehead atoms. The summed E-state index contributed by atoms with van der Waals surface area (Å²) in [5.41, 5.74) is 1.32. The first-order valence-electron chi connectivity index (χ1n) is 4.96. The van der Waals surface area contributed by atoms with E-state index in [1.807, 2.05) is 5.48 Å². The van der Waals surface area contributed by atoms with Crippen LogP contribution in [-0.4, -0.2) is 34.8 Å². The van der Waals surface area contributed by atoms with Gasteiger partial charge in [-0.3, -0.25) is 9.63 Å². The van der Waals surface area contributed by atoms with Crippen molar-refractivity contribution >= 4 is 11.9 Å². The fourth-order valence-electron chi connectivity index (χ4n) is 0.850. The number of aliphatic hydroxyl groups excluding tert-OH is 1. The van der Waals surface area contributed by atoms with Crippen LogP contribution >= 0.6 is 0 Å². The van der Waals surface area contributed by atoms with Gasteiger partial charge < -0.3 is 9.84 Å². The zero-order valence-corrected chi connectivity index (χ0v) is 10.2. The molecule has 0 aliphatic rings. The predicted octanol–water partition coefficient (Wildman–Crippen LogP) is 0.145. The molecular formula is C10H19NO5. The van der Waals surface area contributed by atoms with Crippen LogP contribution in [0.2, 0.25) is 0 Å². The number of hydroxylamine groups is 1. The maximum Gasteiger partial charge on any atom is 0.341 e. The average Bonchev–Trinajstić information content (AvgIpc) is 1.98. The van der Waals surface area contributed by atoms with Gasteiger partial charge in [0.2, 0.25) is 12.0 Å². The topological polar surface area (TPSA) is 84.9 Å². The number of nitrogens with one attached hydrogen (secondary N) is 1.